The van der Waals surface area contributed by atoms with Gasteiger partial charge in [0.2, 0.25) is 0 Å². The predicted molar refractivity (Wildman–Crippen MR) is 78.7 cm³/mol. The number of rotatable bonds is 7. The van der Waals surface area contributed by atoms with Crippen molar-refractivity contribution < 1.29 is 28.3 Å². The fraction of sp³-hybridized carbons (Fsp3) is 0.538. The van der Waals surface area contributed by atoms with Gasteiger partial charge in [-0.1, -0.05) is 18.2 Å². The number of hydrogen-bond donors (Lipinski definition) is 4. The topological polar surface area (TPSA) is 118 Å². The number of nitrogens with zero attached hydrogens (tertiary/aromatic N) is 1. The number of aryl methyl sites for hydroxylation is 1. The SMILES string of the molecule is Cc1ccccc1S(=O)(=O)O.OCCN(CCO)CCO. The van der Waals surface area contributed by atoms with Crippen LogP contribution in [-0.2, 0) is 10.1 Å². The molecule has 1 aromatic rings. The van der Waals surface area contributed by atoms with Gasteiger partial charge in [-0.3, -0.25) is 9.45 Å². The van der Waals surface area contributed by atoms with E-state index in [4.69, 9.17) is 19.9 Å². The van der Waals surface area contributed by atoms with Crippen molar-refractivity contribution in [1.29, 1.82) is 0 Å². The lowest BCUT2D eigenvalue weighted by molar-refractivity contribution is 0.136. The molecule has 4 N–H and O–H groups in total. The van der Waals surface area contributed by atoms with E-state index in [1.165, 1.54) is 6.07 Å². The number of benzene rings is 1. The van der Waals surface area contributed by atoms with E-state index in [9.17, 15) is 8.42 Å². The lowest BCUT2D eigenvalue weighted by Crippen LogP contribution is -2.32. The van der Waals surface area contributed by atoms with Crippen LogP contribution in [0.15, 0.2) is 29.2 Å². The number of hydrogen-bond acceptors (Lipinski definition) is 6. The molecule has 0 saturated heterocycles. The van der Waals surface area contributed by atoms with Crippen molar-refractivity contribution in [2.45, 2.75) is 11.8 Å². The summed E-state index contributed by atoms with van der Waals surface area (Å²) in [5.74, 6) is 0. The first-order chi connectivity index (χ1) is 9.86. The molecular formula is C13H23NO6S. The summed E-state index contributed by atoms with van der Waals surface area (Å²) < 4.78 is 29.9. The van der Waals surface area contributed by atoms with Crippen molar-refractivity contribution in [3.8, 4) is 0 Å². The van der Waals surface area contributed by atoms with Crippen LogP contribution < -0.4 is 0 Å². The van der Waals surface area contributed by atoms with Gasteiger partial charge >= 0.3 is 0 Å². The van der Waals surface area contributed by atoms with Crippen LogP contribution in [0.4, 0.5) is 0 Å². The molecule has 0 aliphatic carbocycles. The monoisotopic (exact) mass is 321 g/mol. The van der Waals surface area contributed by atoms with Gasteiger partial charge in [0.15, 0.2) is 0 Å². The van der Waals surface area contributed by atoms with Crippen LogP contribution in [0.5, 0.6) is 0 Å². The predicted octanol–water partition coefficient (Wildman–Crippen LogP) is -0.493. The van der Waals surface area contributed by atoms with Gasteiger partial charge in [0.25, 0.3) is 10.1 Å². The summed E-state index contributed by atoms with van der Waals surface area (Å²) in [7, 11) is -4.03. The summed E-state index contributed by atoms with van der Waals surface area (Å²) in [6.07, 6.45) is 0. The molecule has 0 spiro atoms. The van der Waals surface area contributed by atoms with Crippen LogP contribution in [0.25, 0.3) is 0 Å². The van der Waals surface area contributed by atoms with E-state index >= 15 is 0 Å². The number of aliphatic hydroxyl groups is 3. The molecule has 0 fully saturated rings. The van der Waals surface area contributed by atoms with Crippen LogP contribution >= 0.6 is 0 Å². The van der Waals surface area contributed by atoms with Crippen molar-refractivity contribution in [3.05, 3.63) is 29.8 Å². The Hall–Kier alpha value is -1.03. The molecule has 0 bridgehead atoms. The van der Waals surface area contributed by atoms with E-state index in [0.717, 1.165) is 0 Å². The van der Waals surface area contributed by atoms with Gasteiger partial charge < -0.3 is 15.3 Å². The zero-order chi connectivity index (χ0) is 16.3. The van der Waals surface area contributed by atoms with Crippen LogP contribution in [0.1, 0.15) is 5.56 Å². The molecule has 1 rings (SSSR count). The fourth-order valence-corrected chi connectivity index (χ4v) is 2.33. The maximum Gasteiger partial charge on any atom is 0.294 e. The second kappa shape index (κ2) is 10.7. The van der Waals surface area contributed by atoms with Gasteiger partial charge in [-0.15, -0.1) is 0 Å². The summed E-state index contributed by atoms with van der Waals surface area (Å²) in [5, 5.41) is 25.5. The fourth-order valence-electron chi connectivity index (χ4n) is 1.61. The summed E-state index contributed by atoms with van der Waals surface area (Å²) in [4.78, 5) is 1.76. The van der Waals surface area contributed by atoms with Crippen LogP contribution in [0.2, 0.25) is 0 Å². The van der Waals surface area contributed by atoms with Gasteiger partial charge in [-0.2, -0.15) is 8.42 Å². The van der Waals surface area contributed by atoms with Crippen molar-refractivity contribution in [2.24, 2.45) is 0 Å². The highest BCUT2D eigenvalue weighted by Crippen LogP contribution is 2.12. The molecule has 0 heterocycles. The van der Waals surface area contributed by atoms with Gasteiger partial charge in [-0.05, 0) is 18.6 Å². The van der Waals surface area contributed by atoms with Crippen molar-refractivity contribution in [2.75, 3.05) is 39.5 Å². The quantitative estimate of drug-likeness (QED) is 0.500. The molecule has 8 heteroatoms. The Balaban J connectivity index is 0.000000384. The van der Waals surface area contributed by atoms with E-state index in [0.29, 0.717) is 25.2 Å². The van der Waals surface area contributed by atoms with Crippen LogP contribution in [0.3, 0.4) is 0 Å². The third-order valence-corrected chi connectivity index (χ3v) is 3.63. The first kappa shape index (κ1) is 20.0. The molecule has 0 aliphatic heterocycles. The second-order valence-corrected chi connectivity index (χ2v) is 5.64. The Labute approximate surface area is 125 Å². The summed E-state index contributed by atoms with van der Waals surface area (Å²) in [6, 6.07) is 6.27. The normalized spacial score (nSPS) is 11.1. The minimum Gasteiger partial charge on any atom is -0.395 e. The zero-order valence-electron chi connectivity index (χ0n) is 12.0. The first-order valence-electron chi connectivity index (χ1n) is 6.44. The lowest BCUT2D eigenvalue weighted by atomic mass is 10.2. The van der Waals surface area contributed by atoms with E-state index < -0.39 is 10.1 Å². The van der Waals surface area contributed by atoms with Crippen molar-refractivity contribution >= 4 is 10.1 Å². The minimum absolute atomic E-state index is 0.0278. The van der Waals surface area contributed by atoms with E-state index in [2.05, 4.69) is 0 Å². The third kappa shape index (κ3) is 8.76. The molecule has 0 atom stereocenters. The van der Waals surface area contributed by atoms with Crippen LogP contribution in [-0.4, -0.2) is 72.6 Å². The average molecular weight is 321 g/mol. The average Bonchev–Trinajstić information content (AvgIpc) is 2.39. The highest BCUT2D eigenvalue weighted by atomic mass is 32.2. The molecular weight excluding hydrogens is 298 g/mol. The first-order valence-corrected chi connectivity index (χ1v) is 7.88. The van der Waals surface area contributed by atoms with Gasteiger partial charge in [0.1, 0.15) is 0 Å². The molecule has 0 aromatic heterocycles. The summed E-state index contributed by atoms with van der Waals surface area (Å²) in [6.45, 7) is 3.38. The Morgan fingerprint density at radius 1 is 0.952 bits per heavy atom. The van der Waals surface area contributed by atoms with Crippen molar-refractivity contribution in [1.82, 2.24) is 4.90 Å². The second-order valence-electron chi connectivity index (χ2n) is 4.25. The Morgan fingerprint density at radius 2 is 1.38 bits per heavy atom. The highest BCUT2D eigenvalue weighted by Gasteiger charge is 2.10. The van der Waals surface area contributed by atoms with Crippen molar-refractivity contribution in [3.63, 3.8) is 0 Å². The molecule has 122 valence electrons. The van der Waals surface area contributed by atoms with E-state index in [-0.39, 0.29) is 24.7 Å². The lowest BCUT2D eigenvalue weighted by Gasteiger charge is -2.17. The molecule has 1 aromatic carbocycles. The molecule has 0 saturated carbocycles. The van der Waals surface area contributed by atoms with Gasteiger partial charge in [-0.25, -0.2) is 0 Å². The molecule has 0 aliphatic rings. The van der Waals surface area contributed by atoms with Gasteiger partial charge in [0, 0.05) is 19.6 Å². The molecule has 0 amide bonds. The summed E-state index contributed by atoms with van der Waals surface area (Å²) >= 11 is 0. The highest BCUT2D eigenvalue weighted by molar-refractivity contribution is 7.85. The minimum atomic E-state index is -4.03. The zero-order valence-corrected chi connectivity index (χ0v) is 12.8. The largest absolute Gasteiger partial charge is 0.395 e. The number of aliphatic hydroxyl groups excluding tert-OH is 3. The van der Waals surface area contributed by atoms with Crippen LogP contribution in [0, 0.1) is 6.92 Å². The molecule has 0 unspecified atom stereocenters. The van der Waals surface area contributed by atoms with Gasteiger partial charge in [0.05, 0.1) is 24.7 Å². The Kier molecular flexibility index (Phi) is 10.1. The standard InChI is InChI=1S/C7H8O3S.C6H15NO3/c1-6-4-2-3-5-7(6)11(8,9)10;8-4-1-7(2-5-9)3-6-10/h2-5H,1H3,(H,8,9,10);8-10H,1-6H2. The summed E-state index contributed by atoms with van der Waals surface area (Å²) in [5.41, 5.74) is 0.551. The molecule has 21 heavy (non-hydrogen) atoms. The maximum absolute atomic E-state index is 10.6. The molecule has 0 radical (unpaired) electrons. The Bertz CT molecular complexity index is 477. The molecule has 7 nitrogen and oxygen atoms in total. The Morgan fingerprint density at radius 3 is 1.67 bits per heavy atom. The third-order valence-electron chi connectivity index (χ3n) is 2.62. The van der Waals surface area contributed by atoms with E-state index in [1.807, 2.05) is 0 Å². The maximum atomic E-state index is 10.6. The smallest absolute Gasteiger partial charge is 0.294 e. The van der Waals surface area contributed by atoms with E-state index in [1.54, 1.807) is 30.0 Å².